The number of pyridine rings is 1. The number of hydrogen-bond acceptors (Lipinski definition) is 3. The van der Waals surface area contributed by atoms with Crippen LogP contribution in [0.4, 0.5) is 5.82 Å². The van der Waals surface area contributed by atoms with Crippen LogP contribution in [0.1, 0.15) is 37.0 Å². The third-order valence-corrected chi connectivity index (χ3v) is 5.15. The van der Waals surface area contributed by atoms with E-state index in [4.69, 9.17) is 0 Å². The Hall–Kier alpha value is -2.01. The molecule has 0 N–H and O–H groups in total. The van der Waals surface area contributed by atoms with Crippen LogP contribution in [0.3, 0.4) is 0 Å². The highest BCUT2D eigenvalue weighted by Gasteiger charge is 2.19. The molecule has 1 saturated heterocycles. The van der Waals surface area contributed by atoms with Gasteiger partial charge in [0, 0.05) is 51.0 Å². The summed E-state index contributed by atoms with van der Waals surface area (Å²) in [5.74, 6) is 1.32. The smallest absolute Gasteiger partial charge is 0.255 e. The Kier molecular flexibility index (Phi) is 5.63. The molecular formula is C20H30N4O. The normalized spacial score (nSPS) is 15.7. The van der Waals surface area contributed by atoms with Gasteiger partial charge in [-0.05, 0) is 44.7 Å². The topological polar surface area (TPSA) is 31.2 Å². The molecule has 0 aliphatic carbocycles. The average Bonchev–Trinajstić information content (AvgIpc) is 3.06. The molecule has 3 heterocycles. The van der Waals surface area contributed by atoms with Crippen molar-refractivity contribution in [3.63, 3.8) is 0 Å². The number of rotatable bonds is 6. The molecule has 0 atom stereocenters. The van der Waals surface area contributed by atoms with Gasteiger partial charge < -0.3 is 19.1 Å². The van der Waals surface area contributed by atoms with E-state index in [9.17, 15) is 4.79 Å². The number of piperazine rings is 1. The van der Waals surface area contributed by atoms with Crippen LogP contribution in [0.15, 0.2) is 30.5 Å². The number of nitrogens with zero attached hydrogens (tertiary/aromatic N) is 4. The van der Waals surface area contributed by atoms with Crippen LogP contribution in [0.25, 0.3) is 5.52 Å². The molecule has 136 valence electrons. The predicted octanol–water partition coefficient (Wildman–Crippen LogP) is 2.95. The van der Waals surface area contributed by atoms with Crippen LogP contribution < -0.4 is 4.90 Å². The lowest BCUT2D eigenvalue weighted by Gasteiger charge is -2.33. The highest BCUT2D eigenvalue weighted by molar-refractivity contribution is 5.94. The molecule has 2 aromatic heterocycles. The number of unbranched alkanes of at least 4 members (excludes halogenated alkanes) is 1. The molecule has 5 heteroatoms. The van der Waals surface area contributed by atoms with E-state index >= 15 is 0 Å². The lowest BCUT2D eigenvalue weighted by atomic mass is 10.2. The second-order valence-corrected chi connectivity index (χ2v) is 6.93. The molecule has 2 aromatic rings. The van der Waals surface area contributed by atoms with Crippen LogP contribution in [0.5, 0.6) is 0 Å². The zero-order valence-corrected chi connectivity index (χ0v) is 15.7. The van der Waals surface area contributed by atoms with E-state index in [-0.39, 0.29) is 5.91 Å². The second kappa shape index (κ2) is 7.91. The van der Waals surface area contributed by atoms with Crippen molar-refractivity contribution in [2.45, 2.75) is 26.7 Å². The third-order valence-electron chi connectivity index (χ3n) is 5.15. The standard InChI is InChI=1S/C20H30N4O/c1-4-6-11-22(5-2)20(25)17-7-8-18-9-10-19(24(18)16-17)23-14-12-21(3)13-15-23/h7-10,16H,4-6,11-15H2,1-3H3. The molecule has 0 bridgehead atoms. The Bertz CT molecular complexity index is 716. The maximum Gasteiger partial charge on any atom is 0.255 e. The Balaban J connectivity index is 1.85. The van der Waals surface area contributed by atoms with Crippen LogP contribution in [0, 0.1) is 0 Å². The van der Waals surface area contributed by atoms with Crippen molar-refractivity contribution in [2.75, 3.05) is 51.2 Å². The highest BCUT2D eigenvalue weighted by atomic mass is 16.2. The molecule has 0 radical (unpaired) electrons. The summed E-state index contributed by atoms with van der Waals surface area (Å²) in [6, 6.07) is 8.32. The molecule has 0 aromatic carbocycles. The van der Waals surface area contributed by atoms with Gasteiger partial charge in [-0.2, -0.15) is 0 Å². The van der Waals surface area contributed by atoms with E-state index < -0.39 is 0 Å². The van der Waals surface area contributed by atoms with Crippen molar-refractivity contribution in [1.82, 2.24) is 14.2 Å². The molecule has 0 spiro atoms. The van der Waals surface area contributed by atoms with E-state index in [0.717, 1.165) is 63.2 Å². The Morgan fingerprint density at radius 1 is 1.08 bits per heavy atom. The first-order chi connectivity index (χ1) is 12.1. The van der Waals surface area contributed by atoms with Crippen LogP contribution in [-0.2, 0) is 0 Å². The van der Waals surface area contributed by atoms with E-state index in [1.807, 2.05) is 17.2 Å². The lowest BCUT2D eigenvalue weighted by Crippen LogP contribution is -2.44. The van der Waals surface area contributed by atoms with Crippen molar-refractivity contribution in [3.05, 3.63) is 36.0 Å². The fourth-order valence-corrected chi connectivity index (χ4v) is 3.44. The van der Waals surface area contributed by atoms with Crippen molar-refractivity contribution in [2.24, 2.45) is 0 Å². The van der Waals surface area contributed by atoms with Gasteiger partial charge in [-0.1, -0.05) is 13.3 Å². The molecule has 0 saturated carbocycles. The summed E-state index contributed by atoms with van der Waals surface area (Å²) in [6.07, 6.45) is 4.17. The summed E-state index contributed by atoms with van der Waals surface area (Å²) >= 11 is 0. The van der Waals surface area contributed by atoms with Crippen LogP contribution in [-0.4, -0.2) is 66.4 Å². The van der Waals surface area contributed by atoms with Gasteiger partial charge in [-0.3, -0.25) is 4.79 Å². The summed E-state index contributed by atoms with van der Waals surface area (Å²) in [5.41, 5.74) is 1.92. The van der Waals surface area contributed by atoms with Gasteiger partial charge in [-0.15, -0.1) is 0 Å². The van der Waals surface area contributed by atoms with Crippen LogP contribution >= 0.6 is 0 Å². The summed E-state index contributed by atoms with van der Waals surface area (Å²) in [6.45, 7) is 10.0. The number of aromatic nitrogens is 1. The third kappa shape index (κ3) is 3.82. The Labute approximate surface area is 150 Å². The molecular weight excluding hydrogens is 312 g/mol. The van der Waals surface area contributed by atoms with Gasteiger partial charge in [-0.25, -0.2) is 0 Å². The van der Waals surface area contributed by atoms with Crippen molar-refractivity contribution >= 4 is 17.2 Å². The first kappa shape index (κ1) is 17.8. The first-order valence-electron chi connectivity index (χ1n) is 9.48. The van der Waals surface area contributed by atoms with Crippen LogP contribution in [0.2, 0.25) is 0 Å². The number of hydrogen-bond donors (Lipinski definition) is 0. The number of fused-ring (bicyclic) bond motifs is 1. The molecule has 5 nitrogen and oxygen atoms in total. The average molecular weight is 342 g/mol. The fourth-order valence-electron chi connectivity index (χ4n) is 3.44. The molecule has 25 heavy (non-hydrogen) atoms. The van der Waals surface area contributed by atoms with Gasteiger partial charge in [0.25, 0.3) is 5.91 Å². The maximum atomic E-state index is 12.9. The largest absolute Gasteiger partial charge is 0.355 e. The quantitative estimate of drug-likeness (QED) is 0.809. The summed E-state index contributed by atoms with van der Waals surface area (Å²) < 4.78 is 2.17. The minimum Gasteiger partial charge on any atom is -0.355 e. The molecule has 1 amide bonds. The fraction of sp³-hybridized carbons (Fsp3) is 0.550. The summed E-state index contributed by atoms with van der Waals surface area (Å²) in [4.78, 5) is 19.6. The number of carbonyl (C=O) groups is 1. The minimum atomic E-state index is 0.135. The molecule has 0 unspecified atom stereocenters. The zero-order valence-electron chi connectivity index (χ0n) is 15.7. The monoisotopic (exact) mass is 342 g/mol. The van der Waals surface area contributed by atoms with Gasteiger partial charge in [0.15, 0.2) is 0 Å². The minimum absolute atomic E-state index is 0.135. The number of anilines is 1. The van der Waals surface area contributed by atoms with E-state index in [2.05, 4.69) is 53.3 Å². The summed E-state index contributed by atoms with van der Waals surface area (Å²) in [5, 5.41) is 0. The van der Waals surface area contributed by atoms with Gasteiger partial charge >= 0.3 is 0 Å². The molecule has 1 aliphatic rings. The SMILES string of the molecule is CCCCN(CC)C(=O)c1ccc2ccc(N3CCN(C)CC3)n2c1. The zero-order chi connectivity index (χ0) is 17.8. The maximum absolute atomic E-state index is 12.9. The van der Waals surface area contributed by atoms with Crippen molar-refractivity contribution < 1.29 is 4.79 Å². The van der Waals surface area contributed by atoms with E-state index in [1.54, 1.807) is 0 Å². The van der Waals surface area contributed by atoms with Gasteiger partial charge in [0.05, 0.1) is 5.56 Å². The Morgan fingerprint density at radius 2 is 1.80 bits per heavy atom. The van der Waals surface area contributed by atoms with Crippen molar-refractivity contribution in [1.29, 1.82) is 0 Å². The second-order valence-electron chi connectivity index (χ2n) is 6.93. The predicted molar refractivity (Wildman–Crippen MR) is 104 cm³/mol. The molecule has 1 aliphatic heterocycles. The van der Waals surface area contributed by atoms with E-state index in [0.29, 0.717) is 0 Å². The lowest BCUT2D eigenvalue weighted by molar-refractivity contribution is 0.0762. The van der Waals surface area contributed by atoms with E-state index in [1.165, 1.54) is 5.82 Å². The number of likely N-dealkylation sites (N-methyl/N-ethyl adjacent to an activating group) is 1. The summed E-state index contributed by atoms with van der Waals surface area (Å²) in [7, 11) is 2.17. The van der Waals surface area contributed by atoms with Crippen molar-refractivity contribution in [3.8, 4) is 0 Å². The number of amides is 1. The number of carbonyl (C=O) groups excluding carboxylic acids is 1. The first-order valence-corrected chi connectivity index (χ1v) is 9.48. The Morgan fingerprint density at radius 3 is 2.48 bits per heavy atom. The molecule has 1 fully saturated rings. The van der Waals surface area contributed by atoms with Gasteiger partial charge in [0.2, 0.25) is 0 Å². The van der Waals surface area contributed by atoms with Gasteiger partial charge in [0.1, 0.15) is 5.82 Å². The highest BCUT2D eigenvalue weighted by Crippen LogP contribution is 2.22. The molecule has 3 rings (SSSR count).